The molecule has 0 amide bonds. The Balaban J connectivity index is 1.25. The summed E-state index contributed by atoms with van der Waals surface area (Å²) < 4.78 is 43.8. The van der Waals surface area contributed by atoms with Gasteiger partial charge < -0.3 is 24.8 Å². The third kappa shape index (κ3) is 5.05. The molecule has 9 nitrogen and oxygen atoms in total. The van der Waals surface area contributed by atoms with Crippen molar-refractivity contribution in [2.75, 3.05) is 44.9 Å². The maximum Gasteiger partial charge on any atom is 0.319 e. The topological polar surface area (TPSA) is 95.9 Å². The Bertz CT molecular complexity index is 1920. The molecule has 2 N–H and O–H groups in total. The molecule has 6 heterocycles. The van der Waals surface area contributed by atoms with E-state index in [1.807, 2.05) is 0 Å². The Kier molecular flexibility index (Phi) is 7.43. The fourth-order valence-corrected chi connectivity index (χ4v) is 8.75. The average Bonchev–Trinajstić information content (AvgIpc) is 3.69. The van der Waals surface area contributed by atoms with Gasteiger partial charge in [-0.1, -0.05) is 18.9 Å². The summed E-state index contributed by atoms with van der Waals surface area (Å²) in [5, 5.41) is 15.4. The number of methoxy groups -OCH3 is 1. The number of pyridine rings is 1. The van der Waals surface area contributed by atoms with E-state index in [1.165, 1.54) is 24.3 Å². The summed E-state index contributed by atoms with van der Waals surface area (Å²) >= 11 is 0. The van der Waals surface area contributed by atoms with E-state index in [4.69, 9.17) is 20.9 Å². The molecule has 11 heteroatoms. The van der Waals surface area contributed by atoms with E-state index in [9.17, 15) is 9.50 Å². The molecule has 47 heavy (non-hydrogen) atoms. The number of terminal acetylenes is 1. The molecule has 0 aliphatic carbocycles. The van der Waals surface area contributed by atoms with Crippen molar-refractivity contribution in [2.24, 2.45) is 5.92 Å². The van der Waals surface area contributed by atoms with Gasteiger partial charge in [0.05, 0.1) is 23.1 Å². The first kappa shape index (κ1) is 30.2. The quantitative estimate of drug-likeness (QED) is 0.270. The predicted molar refractivity (Wildman–Crippen MR) is 176 cm³/mol. The molecule has 2 aromatic carbocycles. The average molecular weight is 641 g/mol. The fourth-order valence-electron chi connectivity index (χ4n) is 8.75. The highest BCUT2D eigenvalue weighted by molar-refractivity contribution is 6.03. The first-order valence-corrected chi connectivity index (χ1v) is 16.4. The van der Waals surface area contributed by atoms with Crippen molar-refractivity contribution in [3.8, 4) is 35.4 Å². The van der Waals surface area contributed by atoms with Gasteiger partial charge in [0, 0.05) is 62.0 Å². The second kappa shape index (κ2) is 11.5. The third-order valence-electron chi connectivity index (χ3n) is 10.7. The normalized spacial score (nSPS) is 27.1. The molecule has 0 saturated carbocycles. The molecule has 5 atom stereocenters. The summed E-state index contributed by atoms with van der Waals surface area (Å²) in [4.78, 5) is 18.8. The third-order valence-corrected chi connectivity index (χ3v) is 10.7. The van der Waals surface area contributed by atoms with Gasteiger partial charge in [0.25, 0.3) is 0 Å². The highest BCUT2D eigenvalue weighted by atomic mass is 19.1. The van der Waals surface area contributed by atoms with Crippen molar-refractivity contribution in [3.63, 3.8) is 0 Å². The molecule has 4 aliphatic rings. The number of aromatic hydroxyl groups is 1. The van der Waals surface area contributed by atoms with E-state index in [1.54, 1.807) is 13.3 Å². The van der Waals surface area contributed by atoms with Gasteiger partial charge >= 0.3 is 6.01 Å². The number of aromatic nitrogens is 3. The molecular weight excluding hydrogens is 602 g/mol. The minimum Gasteiger partial charge on any atom is -0.508 e. The number of rotatable bonds is 7. The lowest BCUT2D eigenvalue weighted by Gasteiger charge is -2.35. The first-order chi connectivity index (χ1) is 22.8. The molecule has 4 aliphatic heterocycles. The number of ether oxygens (including phenoxy) is 2. The molecule has 0 radical (unpaired) electrons. The van der Waals surface area contributed by atoms with Gasteiger partial charge in [-0.25, -0.2) is 8.78 Å². The molecule has 4 fully saturated rings. The Morgan fingerprint density at radius 3 is 2.70 bits per heavy atom. The van der Waals surface area contributed by atoms with Crippen LogP contribution >= 0.6 is 0 Å². The predicted octanol–water partition coefficient (Wildman–Crippen LogP) is 5.02. The van der Waals surface area contributed by atoms with Crippen molar-refractivity contribution in [1.82, 2.24) is 25.2 Å². The molecule has 3 unspecified atom stereocenters. The lowest BCUT2D eigenvalue weighted by atomic mass is 9.91. The van der Waals surface area contributed by atoms with E-state index >= 15 is 4.39 Å². The smallest absolute Gasteiger partial charge is 0.319 e. The van der Waals surface area contributed by atoms with E-state index in [-0.39, 0.29) is 39.6 Å². The molecule has 244 valence electrons. The zero-order chi connectivity index (χ0) is 32.4. The summed E-state index contributed by atoms with van der Waals surface area (Å²) in [7, 11) is 1.74. The lowest BCUT2D eigenvalue weighted by molar-refractivity contribution is 0.0520. The van der Waals surface area contributed by atoms with Crippen LogP contribution < -0.4 is 15.0 Å². The number of phenolic OH excluding ortho intramolecular Hbond substituents is 1. The van der Waals surface area contributed by atoms with Crippen LogP contribution in [0.4, 0.5) is 14.6 Å². The number of hydrogen-bond donors (Lipinski definition) is 2. The monoisotopic (exact) mass is 640 g/mol. The van der Waals surface area contributed by atoms with Gasteiger partial charge in [-0.2, -0.15) is 9.97 Å². The number of nitrogens with one attached hydrogen (secondary N) is 1. The number of hydrogen-bond acceptors (Lipinski definition) is 9. The van der Waals surface area contributed by atoms with Crippen LogP contribution in [0, 0.1) is 29.9 Å². The van der Waals surface area contributed by atoms with Crippen molar-refractivity contribution in [2.45, 2.75) is 62.7 Å². The molecule has 2 bridgehead atoms. The van der Waals surface area contributed by atoms with Gasteiger partial charge in [0.1, 0.15) is 35.2 Å². The number of benzene rings is 2. The number of nitrogens with zero attached hydrogens (tertiary/aromatic N) is 5. The van der Waals surface area contributed by atoms with Gasteiger partial charge in [-0.15, -0.1) is 6.42 Å². The maximum atomic E-state index is 16.9. The number of piperazine rings is 1. The Labute approximate surface area is 272 Å². The van der Waals surface area contributed by atoms with Crippen molar-refractivity contribution >= 4 is 27.5 Å². The van der Waals surface area contributed by atoms with Crippen LogP contribution in [-0.2, 0) is 4.74 Å². The number of anilines is 1. The van der Waals surface area contributed by atoms with E-state index < -0.39 is 11.6 Å². The van der Waals surface area contributed by atoms with Gasteiger partial charge in [0.2, 0.25) is 0 Å². The SMILES string of the molecule is C#Cc1c(F)ccc2cc(O)cc(-c3ncc4c(N5CC6CCC(C5)N6)nc(OC[C@]56CC[C@H](COC)N5CC(C)C6)nc4c3F)c12. The minimum absolute atomic E-state index is 0.0274. The van der Waals surface area contributed by atoms with Gasteiger partial charge in [0.15, 0.2) is 5.82 Å². The zero-order valence-electron chi connectivity index (χ0n) is 26.6. The van der Waals surface area contributed by atoms with Crippen LogP contribution in [-0.4, -0.2) is 88.6 Å². The van der Waals surface area contributed by atoms with Gasteiger partial charge in [-0.3, -0.25) is 9.88 Å². The highest BCUT2D eigenvalue weighted by Crippen LogP contribution is 2.45. The molecular formula is C36H38F2N6O3. The second-order valence-electron chi connectivity index (χ2n) is 13.8. The number of fused-ring (bicyclic) bond motifs is 5. The number of halogens is 2. The van der Waals surface area contributed by atoms with Gasteiger partial charge in [-0.05, 0) is 61.6 Å². The standard InChI is InChI=1S/C36H38F2N6O3/c1-4-26-29(37)8-5-21-11-25(45)12-27(30(21)26)32-31(38)33-28(14-39-32)34(43-16-22-6-7-23(17-43)40-22)42-35(41-33)47-19-36-10-9-24(18-46-3)44(36)15-20(2)13-36/h1,5,8,11-12,14,20,22-24,40,45H,6-7,9-10,13,15-19H2,2-3H3/t20?,22?,23?,24-,36-/m1/s1. The summed E-state index contributed by atoms with van der Waals surface area (Å²) in [6, 6.07) is 6.65. The highest BCUT2D eigenvalue weighted by Gasteiger charge is 2.52. The second-order valence-corrected chi connectivity index (χ2v) is 13.8. The van der Waals surface area contributed by atoms with Crippen LogP contribution in [0.1, 0.15) is 44.6 Å². The van der Waals surface area contributed by atoms with E-state index in [2.05, 4.69) is 37.9 Å². The summed E-state index contributed by atoms with van der Waals surface area (Å²) in [6.07, 6.45) is 12.4. The first-order valence-electron chi connectivity index (χ1n) is 16.4. The van der Waals surface area contributed by atoms with E-state index in [0.717, 1.165) is 51.7 Å². The minimum atomic E-state index is -0.719. The van der Waals surface area contributed by atoms with Crippen LogP contribution in [0.5, 0.6) is 11.8 Å². The largest absolute Gasteiger partial charge is 0.508 e. The number of phenols is 1. The molecule has 2 aromatic heterocycles. The summed E-state index contributed by atoms with van der Waals surface area (Å²) in [5.41, 5.74) is -0.0504. The van der Waals surface area contributed by atoms with E-state index in [0.29, 0.717) is 59.2 Å². The van der Waals surface area contributed by atoms with Crippen LogP contribution in [0.2, 0.25) is 0 Å². The van der Waals surface area contributed by atoms with Crippen molar-refractivity contribution < 1.29 is 23.4 Å². The molecule has 4 saturated heterocycles. The Morgan fingerprint density at radius 1 is 1.13 bits per heavy atom. The van der Waals surface area contributed by atoms with Crippen LogP contribution in [0.15, 0.2) is 30.5 Å². The van der Waals surface area contributed by atoms with Crippen molar-refractivity contribution in [1.29, 1.82) is 0 Å². The van der Waals surface area contributed by atoms with Crippen molar-refractivity contribution in [3.05, 3.63) is 47.7 Å². The summed E-state index contributed by atoms with van der Waals surface area (Å²) in [6.45, 7) is 5.75. The molecule has 8 rings (SSSR count). The summed E-state index contributed by atoms with van der Waals surface area (Å²) in [5.74, 6) is 2.04. The zero-order valence-corrected chi connectivity index (χ0v) is 26.6. The Hall–Kier alpha value is -4.11. The maximum absolute atomic E-state index is 16.9. The fraction of sp³-hybridized carbons (Fsp3) is 0.472. The molecule has 0 spiro atoms. The van der Waals surface area contributed by atoms with Crippen LogP contribution in [0.3, 0.4) is 0 Å². The lowest BCUT2D eigenvalue weighted by Crippen LogP contribution is -2.51. The Morgan fingerprint density at radius 2 is 1.94 bits per heavy atom. The molecule has 4 aromatic rings. The van der Waals surface area contributed by atoms with Crippen LogP contribution in [0.25, 0.3) is 32.9 Å².